The highest BCUT2D eigenvalue weighted by Crippen LogP contribution is 2.44. The molecule has 9 aromatic rings. The highest BCUT2D eigenvalue weighted by atomic mass is 33.1. The van der Waals surface area contributed by atoms with Crippen molar-refractivity contribution in [2.45, 2.75) is 0 Å². The smallest absolute Gasteiger partial charge is 0.0719 e. The van der Waals surface area contributed by atoms with E-state index in [0.717, 1.165) is 0 Å². The van der Waals surface area contributed by atoms with Crippen molar-refractivity contribution in [2.24, 2.45) is 0 Å². The molecular formula is C40H27NS3. The zero-order valence-corrected chi connectivity index (χ0v) is 26.3. The number of rotatable bonds is 3. The van der Waals surface area contributed by atoms with Crippen LogP contribution in [0.4, 0.5) is 0 Å². The van der Waals surface area contributed by atoms with Gasteiger partial charge in [0, 0.05) is 31.9 Å². The lowest BCUT2D eigenvalue weighted by Crippen LogP contribution is -1.94. The number of nitrogens with zero attached hydrogens (tertiary/aromatic N) is 1. The van der Waals surface area contributed by atoms with E-state index in [9.17, 15) is 0 Å². The Bertz CT molecular complexity index is 2460. The standard InChI is InChI=1S/C40H25NS.H2S2/c1-3-9-26(10-4-1)30-16-21-37-35(24-30)33-19-20-34-36-25-31(27-11-5-2-6-12-27)17-22-38(36)42-40(34)39(33)41(37)32-18-15-28-13-7-8-14-29(28)23-32;1-2/h1-25H;1-2H. The van der Waals surface area contributed by atoms with E-state index < -0.39 is 0 Å². The third-order valence-electron chi connectivity index (χ3n) is 8.57. The number of hydrogen-bond acceptors (Lipinski definition) is 3. The topological polar surface area (TPSA) is 4.93 Å². The Morgan fingerprint density at radius 2 is 1.05 bits per heavy atom. The largest absolute Gasteiger partial charge is 0.308 e. The van der Waals surface area contributed by atoms with Gasteiger partial charge in [0.05, 0.1) is 15.7 Å². The van der Waals surface area contributed by atoms with E-state index in [1.807, 2.05) is 11.3 Å². The lowest BCUT2D eigenvalue weighted by molar-refractivity contribution is 1.19. The summed E-state index contributed by atoms with van der Waals surface area (Å²) >= 11 is 8.35. The van der Waals surface area contributed by atoms with E-state index in [-0.39, 0.29) is 0 Å². The van der Waals surface area contributed by atoms with Gasteiger partial charge in [-0.1, -0.05) is 115 Å². The summed E-state index contributed by atoms with van der Waals surface area (Å²) in [6.07, 6.45) is 0. The van der Waals surface area contributed by atoms with E-state index >= 15 is 0 Å². The van der Waals surface area contributed by atoms with Gasteiger partial charge < -0.3 is 4.57 Å². The molecule has 0 bridgehead atoms. The number of hydrogen-bond donors (Lipinski definition) is 2. The van der Waals surface area contributed by atoms with E-state index in [2.05, 4.69) is 180 Å². The minimum atomic E-state index is 1.19. The highest BCUT2D eigenvalue weighted by molar-refractivity contribution is 8.59. The molecule has 2 aromatic heterocycles. The summed E-state index contributed by atoms with van der Waals surface area (Å²) in [6.45, 7) is 0. The Kier molecular flexibility index (Phi) is 6.91. The van der Waals surface area contributed by atoms with Gasteiger partial charge in [0.15, 0.2) is 0 Å². The van der Waals surface area contributed by atoms with Gasteiger partial charge in [0.25, 0.3) is 0 Å². The third-order valence-corrected chi connectivity index (χ3v) is 9.76. The quantitative estimate of drug-likeness (QED) is 0.144. The molecule has 0 saturated heterocycles. The minimum absolute atomic E-state index is 1.19. The maximum Gasteiger partial charge on any atom is 0.0719 e. The van der Waals surface area contributed by atoms with Crippen molar-refractivity contribution < 1.29 is 0 Å². The van der Waals surface area contributed by atoms with Gasteiger partial charge in [-0.15, -0.1) is 34.7 Å². The molecule has 0 aliphatic heterocycles. The molecule has 210 valence electrons. The van der Waals surface area contributed by atoms with E-state index in [1.165, 1.54) is 80.7 Å². The van der Waals surface area contributed by atoms with Gasteiger partial charge in [-0.2, -0.15) is 0 Å². The minimum Gasteiger partial charge on any atom is -0.308 e. The van der Waals surface area contributed by atoms with Gasteiger partial charge in [-0.05, 0) is 69.4 Å². The fraction of sp³-hybridized carbons (Fsp3) is 0. The van der Waals surface area contributed by atoms with E-state index in [4.69, 9.17) is 0 Å². The Labute approximate surface area is 270 Å². The number of benzene rings is 7. The second kappa shape index (κ2) is 11.2. The van der Waals surface area contributed by atoms with Crippen LogP contribution in [0.2, 0.25) is 0 Å². The summed E-state index contributed by atoms with van der Waals surface area (Å²) < 4.78 is 5.14. The molecule has 0 fully saturated rings. The Hall–Kier alpha value is -4.48. The molecule has 44 heavy (non-hydrogen) atoms. The molecule has 4 heteroatoms. The predicted octanol–water partition coefficient (Wildman–Crippen LogP) is 12.4. The first-order valence-corrected chi connectivity index (χ1v) is 17.0. The van der Waals surface area contributed by atoms with Gasteiger partial charge in [-0.3, -0.25) is 0 Å². The van der Waals surface area contributed by atoms with Crippen molar-refractivity contribution in [1.82, 2.24) is 4.57 Å². The monoisotopic (exact) mass is 617 g/mol. The van der Waals surface area contributed by atoms with Crippen molar-refractivity contribution in [3.05, 3.63) is 152 Å². The fourth-order valence-corrected chi connectivity index (χ4v) is 7.76. The van der Waals surface area contributed by atoms with Gasteiger partial charge in [-0.25, -0.2) is 0 Å². The Morgan fingerprint density at radius 3 is 1.77 bits per heavy atom. The molecule has 0 aliphatic rings. The molecule has 0 spiro atoms. The number of fused-ring (bicyclic) bond motifs is 8. The second-order valence-electron chi connectivity index (χ2n) is 11.0. The highest BCUT2D eigenvalue weighted by Gasteiger charge is 2.19. The van der Waals surface area contributed by atoms with Gasteiger partial charge in [0.2, 0.25) is 0 Å². The molecule has 7 aromatic carbocycles. The molecule has 0 saturated carbocycles. The summed E-state index contributed by atoms with van der Waals surface area (Å²) in [6, 6.07) is 55.4. The number of thiol groups is 2. The summed E-state index contributed by atoms with van der Waals surface area (Å²) in [5.74, 6) is 0. The van der Waals surface area contributed by atoms with Crippen LogP contribution in [0.15, 0.2) is 152 Å². The molecule has 1 nitrogen and oxygen atoms in total. The van der Waals surface area contributed by atoms with Crippen LogP contribution in [0.1, 0.15) is 0 Å². The fourth-order valence-electron chi connectivity index (χ4n) is 6.54. The van der Waals surface area contributed by atoms with Gasteiger partial charge >= 0.3 is 0 Å². The van der Waals surface area contributed by atoms with Crippen LogP contribution in [-0.2, 0) is 0 Å². The van der Waals surface area contributed by atoms with Crippen molar-refractivity contribution in [3.8, 4) is 27.9 Å². The van der Waals surface area contributed by atoms with Crippen LogP contribution in [0.25, 0.3) is 80.7 Å². The zero-order valence-electron chi connectivity index (χ0n) is 23.7. The average molecular weight is 618 g/mol. The SMILES string of the molecule is SS.c1ccc(-c2ccc3sc4c(ccc5c6cc(-c7ccccc7)ccc6n(-c6ccc7ccccc7c6)c54)c3c2)cc1. The third kappa shape index (κ3) is 4.41. The molecule has 2 heterocycles. The van der Waals surface area contributed by atoms with Gasteiger partial charge in [0.1, 0.15) is 0 Å². The van der Waals surface area contributed by atoms with Crippen LogP contribution in [0, 0.1) is 0 Å². The van der Waals surface area contributed by atoms with Crippen LogP contribution < -0.4 is 0 Å². The summed E-state index contributed by atoms with van der Waals surface area (Å²) in [4.78, 5) is 0. The molecule has 0 atom stereocenters. The molecule has 0 aliphatic carbocycles. The Balaban J connectivity index is 0.00000142. The summed E-state index contributed by atoms with van der Waals surface area (Å²) in [5.41, 5.74) is 8.69. The predicted molar refractivity (Wildman–Crippen MR) is 200 cm³/mol. The van der Waals surface area contributed by atoms with Crippen molar-refractivity contribution in [2.75, 3.05) is 0 Å². The molecule has 0 radical (unpaired) electrons. The van der Waals surface area contributed by atoms with Crippen molar-refractivity contribution >= 4 is 87.4 Å². The lowest BCUT2D eigenvalue weighted by Gasteiger charge is -2.10. The van der Waals surface area contributed by atoms with E-state index in [1.54, 1.807) is 0 Å². The summed E-state index contributed by atoms with van der Waals surface area (Å²) in [5, 5.41) is 7.71. The molecule has 0 amide bonds. The maximum absolute atomic E-state index is 3.22. The second-order valence-corrected chi connectivity index (χ2v) is 12.0. The first-order chi connectivity index (χ1) is 21.8. The summed E-state index contributed by atoms with van der Waals surface area (Å²) in [7, 11) is 0. The average Bonchev–Trinajstić information content (AvgIpc) is 3.65. The molecule has 0 unspecified atom stereocenters. The van der Waals surface area contributed by atoms with Crippen LogP contribution >= 0.6 is 34.7 Å². The number of aromatic nitrogens is 1. The first kappa shape index (κ1) is 27.1. The first-order valence-electron chi connectivity index (χ1n) is 14.6. The van der Waals surface area contributed by atoms with Crippen molar-refractivity contribution in [1.29, 1.82) is 0 Å². The van der Waals surface area contributed by atoms with E-state index in [0.29, 0.717) is 0 Å². The molecular weight excluding hydrogens is 591 g/mol. The molecule has 9 rings (SSSR count). The lowest BCUT2D eigenvalue weighted by atomic mass is 10.0. The van der Waals surface area contributed by atoms with Crippen LogP contribution in [0.3, 0.4) is 0 Å². The Morgan fingerprint density at radius 1 is 0.432 bits per heavy atom. The molecule has 0 N–H and O–H groups in total. The normalized spacial score (nSPS) is 11.4. The van der Waals surface area contributed by atoms with Crippen LogP contribution in [0.5, 0.6) is 0 Å². The van der Waals surface area contributed by atoms with Crippen LogP contribution in [-0.4, -0.2) is 4.57 Å². The zero-order chi connectivity index (χ0) is 29.6. The van der Waals surface area contributed by atoms with Crippen molar-refractivity contribution in [3.63, 3.8) is 0 Å². The maximum atomic E-state index is 3.22. The number of thiophene rings is 1.